The van der Waals surface area contributed by atoms with Gasteiger partial charge in [0.15, 0.2) is 5.65 Å². The third kappa shape index (κ3) is 1.66. The van der Waals surface area contributed by atoms with Crippen LogP contribution in [0.15, 0.2) is 0 Å². The highest BCUT2D eigenvalue weighted by Crippen LogP contribution is 2.42. The summed E-state index contributed by atoms with van der Waals surface area (Å²) in [6.45, 7) is 6.26. The molecule has 2 atom stereocenters. The third-order valence-corrected chi connectivity index (χ3v) is 4.12. The standard InChI is InChI=1S/C13H19ClN4/c1-7(14)12-15-11-8(2)16-17(4)13(11)18(12)9(3)10-5-6-10/h7,9-10H,5-6H2,1-4H3. The normalized spacial score (nSPS) is 19.4. The predicted octanol–water partition coefficient (Wildman–Crippen LogP) is 3.35. The number of aromatic nitrogens is 4. The van der Waals surface area contributed by atoms with Crippen LogP contribution < -0.4 is 0 Å². The summed E-state index contributed by atoms with van der Waals surface area (Å²) >= 11 is 6.30. The number of rotatable bonds is 3. The van der Waals surface area contributed by atoms with E-state index < -0.39 is 0 Å². The molecule has 2 heterocycles. The fourth-order valence-electron chi connectivity index (χ4n) is 2.78. The summed E-state index contributed by atoms with van der Waals surface area (Å²) in [6.07, 6.45) is 2.63. The van der Waals surface area contributed by atoms with Crippen molar-refractivity contribution in [2.75, 3.05) is 0 Å². The van der Waals surface area contributed by atoms with E-state index in [-0.39, 0.29) is 5.38 Å². The van der Waals surface area contributed by atoms with E-state index in [1.165, 1.54) is 12.8 Å². The number of halogens is 1. The van der Waals surface area contributed by atoms with Gasteiger partial charge >= 0.3 is 0 Å². The molecule has 1 aliphatic carbocycles. The molecule has 0 N–H and O–H groups in total. The van der Waals surface area contributed by atoms with E-state index in [0.29, 0.717) is 6.04 Å². The first-order valence-electron chi connectivity index (χ1n) is 6.56. The molecule has 4 nitrogen and oxygen atoms in total. The fourth-order valence-corrected chi connectivity index (χ4v) is 2.94. The highest BCUT2D eigenvalue weighted by Gasteiger charge is 2.33. The molecule has 3 rings (SSSR count). The summed E-state index contributed by atoms with van der Waals surface area (Å²) in [7, 11) is 1.98. The Kier molecular flexibility index (Phi) is 2.66. The lowest BCUT2D eigenvalue weighted by Gasteiger charge is -2.18. The molecule has 2 aromatic rings. The van der Waals surface area contributed by atoms with Gasteiger partial charge in [-0.25, -0.2) is 4.98 Å². The van der Waals surface area contributed by atoms with Crippen molar-refractivity contribution in [1.82, 2.24) is 19.3 Å². The fraction of sp³-hybridized carbons (Fsp3) is 0.692. The molecule has 0 saturated heterocycles. The zero-order valence-corrected chi connectivity index (χ0v) is 12.1. The Balaban J connectivity index is 2.26. The molecule has 98 valence electrons. The van der Waals surface area contributed by atoms with Crippen molar-refractivity contribution < 1.29 is 0 Å². The van der Waals surface area contributed by atoms with Crippen molar-refractivity contribution in [2.24, 2.45) is 13.0 Å². The Morgan fingerprint density at radius 1 is 1.33 bits per heavy atom. The minimum Gasteiger partial charge on any atom is -0.309 e. The summed E-state index contributed by atoms with van der Waals surface area (Å²) in [5, 5.41) is 4.39. The van der Waals surface area contributed by atoms with Crippen LogP contribution in [-0.2, 0) is 7.05 Å². The summed E-state index contributed by atoms with van der Waals surface area (Å²) < 4.78 is 4.23. The lowest BCUT2D eigenvalue weighted by molar-refractivity contribution is 0.470. The first-order valence-corrected chi connectivity index (χ1v) is 6.99. The zero-order valence-electron chi connectivity index (χ0n) is 11.3. The quantitative estimate of drug-likeness (QED) is 0.799. The number of hydrogen-bond donors (Lipinski definition) is 0. The molecule has 0 amide bonds. The van der Waals surface area contributed by atoms with Gasteiger partial charge in [-0.3, -0.25) is 4.68 Å². The predicted molar refractivity (Wildman–Crippen MR) is 72.9 cm³/mol. The molecule has 0 radical (unpaired) electrons. The van der Waals surface area contributed by atoms with Crippen LogP contribution in [0.25, 0.3) is 11.2 Å². The van der Waals surface area contributed by atoms with Gasteiger partial charge in [-0.1, -0.05) is 0 Å². The van der Waals surface area contributed by atoms with Crippen LogP contribution in [0.2, 0.25) is 0 Å². The van der Waals surface area contributed by atoms with Crippen molar-refractivity contribution in [1.29, 1.82) is 0 Å². The summed E-state index contributed by atoms with van der Waals surface area (Å²) in [6, 6.07) is 0.459. The second kappa shape index (κ2) is 3.98. The largest absolute Gasteiger partial charge is 0.309 e. The van der Waals surface area contributed by atoms with Crippen LogP contribution >= 0.6 is 11.6 Å². The van der Waals surface area contributed by atoms with E-state index in [4.69, 9.17) is 16.6 Å². The molecule has 2 unspecified atom stereocenters. The minimum atomic E-state index is -0.0713. The number of imidazole rings is 1. The van der Waals surface area contributed by atoms with Gasteiger partial charge < -0.3 is 4.57 Å². The van der Waals surface area contributed by atoms with E-state index in [1.54, 1.807) is 0 Å². The van der Waals surface area contributed by atoms with E-state index in [9.17, 15) is 0 Å². The molecule has 0 spiro atoms. The first-order chi connectivity index (χ1) is 8.50. The Hall–Kier alpha value is -1.03. The maximum Gasteiger partial charge on any atom is 0.158 e. The lowest BCUT2D eigenvalue weighted by Crippen LogP contribution is -2.14. The number of fused-ring (bicyclic) bond motifs is 1. The summed E-state index contributed by atoms with van der Waals surface area (Å²) in [5.41, 5.74) is 3.08. The van der Waals surface area contributed by atoms with Crippen molar-refractivity contribution in [2.45, 2.75) is 45.0 Å². The number of nitrogens with zero attached hydrogens (tertiary/aromatic N) is 4. The Morgan fingerprint density at radius 3 is 2.56 bits per heavy atom. The molecule has 1 fully saturated rings. The molecular weight excluding hydrogens is 248 g/mol. The van der Waals surface area contributed by atoms with Crippen molar-refractivity contribution >= 4 is 22.8 Å². The Morgan fingerprint density at radius 2 is 2.00 bits per heavy atom. The average Bonchev–Trinajstić information content (AvgIpc) is 3.00. The number of hydrogen-bond acceptors (Lipinski definition) is 2. The van der Waals surface area contributed by atoms with E-state index in [2.05, 4.69) is 16.6 Å². The van der Waals surface area contributed by atoms with Gasteiger partial charge in [-0.15, -0.1) is 11.6 Å². The van der Waals surface area contributed by atoms with Crippen molar-refractivity contribution in [3.63, 3.8) is 0 Å². The van der Waals surface area contributed by atoms with Gasteiger partial charge in [-0.05, 0) is 39.5 Å². The molecule has 1 saturated carbocycles. The molecule has 0 aromatic carbocycles. The second-order valence-electron chi connectivity index (χ2n) is 5.42. The molecule has 2 aromatic heterocycles. The van der Waals surface area contributed by atoms with Crippen molar-refractivity contribution in [3.8, 4) is 0 Å². The Bertz CT molecular complexity index is 592. The van der Waals surface area contributed by atoms with E-state index >= 15 is 0 Å². The van der Waals surface area contributed by atoms with Gasteiger partial charge in [0.2, 0.25) is 0 Å². The topological polar surface area (TPSA) is 35.6 Å². The van der Waals surface area contributed by atoms with Crippen LogP contribution in [0.5, 0.6) is 0 Å². The van der Waals surface area contributed by atoms with Crippen LogP contribution in [0, 0.1) is 12.8 Å². The summed E-state index contributed by atoms with van der Waals surface area (Å²) in [4.78, 5) is 4.71. The van der Waals surface area contributed by atoms with E-state index in [1.807, 2.05) is 25.6 Å². The smallest absolute Gasteiger partial charge is 0.158 e. The van der Waals surface area contributed by atoms with Crippen LogP contribution in [0.4, 0.5) is 0 Å². The molecule has 0 bridgehead atoms. The average molecular weight is 267 g/mol. The maximum atomic E-state index is 6.30. The van der Waals surface area contributed by atoms with Gasteiger partial charge in [0.05, 0.1) is 11.1 Å². The molecule has 0 aliphatic heterocycles. The molecular formula is C13H19ClN4. The second-order valence-corrected chi connectivity index (χ2v) is 6.07. The van der Waals surface area contributed by atoms with Crippen LogP contribution in [0.3, 0.4) is 0 Å². The minimum absolute atomic E-state index is 0.0713. The Labute approximate surface area is 112 Å². The SMILES string of the molecule is Cc1nn(C)c2c1nc(C(C)Cl)n2C(C)C1CC1. The third-order valence-electron chi connectivity index (χ3n) is 3.93. The van der Waals surface area contributed by atoms with Gasteiger partial charge in [0, 0.05) is 13.1 Å². The highest BCUT2D eigenvalue weighted by atomic mass is 35.5. The van der Waals surface area contributed by atoms with Gasteiger partial charge in [0.1, 0.15) is 11.3 Å². The van der Waals surface area contributed by atoms with Crippen LogP contribution in [0.1, 0.15) is 49.6 Å². The number of alkyl halides is 1. The van der Waals surface area contributed by atoms with Crippen molar-refractivity contribution in [3.05, 3.63) is 11.5 Å². The monoisotopic (exact) mass is 266 g/mol. The van der Waals surface area contributed by atoms with Crippen LogP contribution in [-0.4, -0.2) is 19.3 Å². The van der Waals surface area contributed by atoms with Gasteiger partial charge in [0.25, 0.3) is 0 Å². The first kappa shape index (κ1) is 12.0. The number of aryl methyl sites for hydroxylation is 2. The molecule has 18 heavy (non-hydrogen) atoms. The van der Waals surface area contributed by atoms with Gasteiger partial charge in [-0.2, -0.15) is 5.10 Å². The summed E-state index contributed by atoms with van der Waals surface area (Å²) in [5.74, 6) is 1.74. The molecule has 5 heteroatoms. The highest BCUT2D eigenvalue weighted by molar-refractivity contribution is 6.20. The molecule has 1 aliphatic rings. The maximum absolute atomic E-state index is 6.30. The lowest BCUT2D eigenvalue weighted by atomic mass is 10.2. The zero-order chi connectivity index (χ0) is 13.0. The van der Waals surface area contributed by atoms with E-state index in [0.717, 1.165) is 28.6 Å².